The van der Waals surface area contributed by atoms with Crippen molar-refractivity contribution in [2.75, 3.05) is 18.0 Å². The average molecular weight is 277 g/mol. The highest BCUT2D eigenvalue weighted by Crippen LogP contribution is 2.16. The lowest BCUT2D eigenvalue weighted by Crippen LogP contribution is -2.46. The minimum atomic E-state index is -0.547. The van der Waals surface area contributed by atoms with Crippen molar-refractivity contribution in [3.63, 3.8) is 0 Å². The van der Waals surface area contributed by atoms with Crippen LogP contribution < -0.4 is 16.0 Å². The van der Waals surface area contributed by atoms with Gasteiger partial charge in [-0.2, -0.15) is 0 Å². The standard InChI is InChI=1S/C14H23N5O/c1-10(2)19(9-11-5-3-4-8-16-11)13-7-6-12(14(15)20)17-18-13/h6-7,10-11,16H,3-5,8-9H2,1-2H3,(H2,15,20). The minimum Gasteiger partial charge on any atom is -0.364 e. The molecule has 1 aromatic rings. The van der Waals surface area contributed by atoms with Gasteiger partial charge >= 0.3 is 0 Å². The van der Waals surface area contributed by atoms with Gasteiger partial charge in [-0.15, -0.1) is 10.2 Å². The molecule has 6 heteroatoms. The number of nitrogens with two attached hydrogens (primary N) is 1. The van der Waals surface area contributed by atoms with E-state index in [-0.39, 0.29) is 5.69 Å². The van der Waals surface area contributed by atoms with Crippen LogP contribution in [0.2, 0.25) is 0 Å². The van der Waals surface area contributed by atoms with E-state index in [1.807, 2.05) is 6.07 Å². The lowest BCUT2D eigenvalue weighted by atomic mass is 10.0. The number of rotatable bonds is 5. The highest BCUT2D eigenvalue weighted by atomic mass is 16.1. The molecule has 1 fully saturated rings. The zero-order valence-corrected chi connectivity index (χ0v) is 12.2. The van der Waals surface area contributed by atoms with E-state index < -0.39 is 5.91 Å². The second kappa shape index (κ2) is 6.65. The molecule has 6 nitrogen and oxygen atoms in total. The summed E-state index contributed by atoms with van der Waals surface area (Å²) in [4.78, 5) is 13.2. The van der Waals surface area contributed by atoms with Crippen molar-refractivity contribution in [3.05, 3.63) is 17.8 Å². The van der Waals surface area contributed by atoms with Gasteiger partial charge in [0, 0.05) is 18.6 Å². The molecular formula is C14H23N5O. The quantitative estimate of drug-likeness (QED) is 0.836. The molecule has 2 heterocycles. The second-order valence-electron chi connectivity index (χ2n) is 5.53. The number of primary amides is 1. The van der Waals surface area contributed by atoms with Crippen molar-refractivity contribution in [1.29, 1.82) is 0 Å². The molecule has 1 amide bonds. The van der Waals surface area contributed by atoms with E-state index in [2.05, 4.69) is 34.3 Å². The molecule has 20 heavy (non-hydrogen) atoms. The first-order chi connectivity index (χ1) is 9.58. The predicted molar refractivity (Wildman–Crippen MR) is 78.7 cm³/mol. The Labute approximate surface area is 119 Å². The van der Waals surface area contributed by atoms with Crippen molar-refractivity contribution in [3.8, 4) is 0 Å². The highest BCUT2D eigenvalue weighted by Gasteiger charge is 2.20. The summed E-state index contributed by atoms with van der Waals surface area (Å²) in [5.74, 6) is 0.242. The van der Waals surface area contributed by atoms with Crippen LogP contribution in [0.25, 0.3) is 0 Å². The molecule has 1 aliphatic heterocycles. The normalized spacial score (nSPS) is 19.1. The summed E-state index contributed by atoms with van der Waals surface area (Å²) in [6.07, 6.45) is 3.72. The molecule has 3 N–H and O–H groups in total. The zero-order chi connectivity index (χ0) is 14.5. The molecule has 0 aromatic carbocycles. The number of nitrogens with zero attached hydrogens (tertiary/aromatic N) is 3. The zero-order valence-electron chi connectivity index (χ0n) is 12.2. The summed E-state index contributed by atoms with van der Waals surface area (Å²) in [5.41, 5.74) is 5.39. The number of anilines is 1. The van der Waals surface area contributed by atoms with Gasteiger partial charge in [0.1, 0.15) is 0 Å². The summed E-state index contributed by atoms with van der Waals surface area (Å²) < 4.78 is 0. The second-order valence-corrected chi connectivity index (χ2v) is 5.53. The van der Waals surface area contributed by atoms with Gasteiger partial charge in [-0.1, -0.05) is 6.42 Å². The van der Waals surface area contributed by atoms with Gasteiger partial charge in [0.2, 0.25) is 0 Å². The van der Waals surface area contributed by atoms with Crippen LogP contribution >= 0.6 is 0 Å². The van der Waals surface area contributed by atoms with Crippen molar-refractivity contribution >= 4 is 11.7 Å². The molecule has 1 atom stereocenters. The molecule has 110 valence electrons. The summed E-state index contributed by atoms with van der Waals surface area (Å²) in [6, 6.07) is 4.26. The molecule has 0 spiro atoms. The van der Waals surface area contributed by atoms with Gasteiger partial charge in [0.25, 0.3) is 5.91 Å². The van der Waals surface area contributed by atoms with E-state index in [1.54, 1.807) is 6.07 Å². The maximum absolute atomic E-state index is 11.0. The summed E-state index contributed by atoms with van der Waals surface area (Å²) in [5, 5.41) is 11.6. The number of carbonyl (C=O) groups excluding carboxylic acids is 1. The average Bonchev–Trinajstić information content (AvgIpc) is 2.45. The molecular weight excluding hydrogens is 254 g/mol. The molecule has 0 bridgehead atoms. The van der Waals surface area contributed by atoms with Gasteiger partial charge in [-0.25, -0.2) is 0 Å². The molecule has 1 saturated heterocycles. The topological polar surface area (TPSA) is 84.1 Å². The maximum Gasteiger partial charge on any atom is 0.269 e. The predicted octanol–water partition coefficient (Wildman–Crippen LogP) is 0.932. The lowest BCUT2D eigenvalue weighted by Gasteiger charge is -2.33. The number of piperidine rings is 1. The van der Waals surface area contributed by atoms with Gasteiger partial charge in [-0.05, 0) is 45.4 Å². The maximum atomic E-state index is 11.0. The number of amides is 1. The first-order valence-corrected chi connectivity index (χ1v) is 7.21. The summed E-state index contributed by atoms with van der Waals surface area (Å²) in [7, 11) is 0. The Morgan fingerprint density at radius 3 is 2.75 bits per heavy atom. The number of hydrogen-bond acceptors (Lipinski definition) is 5. The number of aromatic nitrogens is 2. The molecule has 1 aliphatic rings. The third-order valence-corrected chi connectivity index (χ3v) is 3.65. The fourth-order valence-corrected chi connectivity index (χ4v) is 2.50. The highest BCUT2D eigenvalue weighted by molar-refractivity contribution is 5.90. The van der Waals surface area contributed by atoms with Crippen LogP contribution in [-0.4, -0.2) is 41.3 Å². The monoisotopic (exact) mass is 277 g/mol. The van der Waals surface area contributed by atoms with Crippen LogP contribution in [-0.2, 0) is 0 Å². The Hall–Kier alpha value is -1.69. The van der Waals surface area contributed by atoms with Gasteiger partial charge in [0.15, 0.2) is 11.5 Å². The van der Waals surface area contributed by atoms with Crippen molar-refractivity contribution in [2.45, 2.75) is 45.2 Å². The fraction of sp³-hybridized carbons (Fsp3) is 0.643. The van der Waals surface area contributed by atoms with Gasteiger partial charge in [-0.3, -0.25) is 4.79 Å². The van der Waals surface area contributed by atoms with E-state index in [9.17, 15) is 4.79 Å². The Morgan fingerprint density at radius 1 is 1.45 bits per heavy atom. The number of hydrogen-bond donors (Lipinski definition) is 2. The van der Waals surface area contributed by atoms with Crippen molar-refractivity contribution in [1.82, 2.24) is 15.5 Å². The number of nitrogens with one attached hydrogen (secondary N) is 1. The molecule has 1 aromatic heterocycles. The van der Waals surface area contributed by atoms with Crippen molar-refractivity contribution in [2.24, 2.45) is 5.73 Å². The first-order valence-electron chi connectivity index (χ1n) is 7.21. The lowest BCUT2D eigenvalue weighted by molar-refractivity contribution is 0.0994. The van der Waals surface area contributed by atoms with Gasteiger partial charge in [0.05, 0.1) is 0 Å². The Morgan fingerprint density at radius 2 is 2.25 bits per heavy atom. The number of carbonyl (C=O) groups is 1. The molecule has 0 aliphatic carbocycles. The Balaban J connectivity index is 2.09. The Kier molecular flexibility index (Phi) is 4.89. The van der Waals surface area contributed by atoms with Crippen LogP contribution in [0.4, 0.5) is 5.82 Å². The van der Waals surface area contributed by atoms with Crippen LogP contribution in [0.1, 0.15) is 43.6 Å². The van der Waals surface area contributed by atoms with E-state index >= 15 is 0 Å². The molecule has 0 saturated carbocycles. The van der Waals surface area contributed by atoms with Gasteiger partial charge < -0.3 is 16.0 Å². The largest absolute Gasteiger partial charge is 0.364 e. The van der Waals surface area contributed by atoms with E-state index in [4.69, 9.17) is 5.73 Å². The smallest absolute Gasteiger partial charge is 0.269 e. The fourth-order valence-electron chi connectivity index (χ4n) is 2.50. The summed E-state index contributed by atoms with van der Waals surface area (Å²) >= 11 is 0. The van der Waals surface area contributed by atoms with Crippen LogP contribution in [0.3, 0.4) is 0 Å². The molecule has 2 rings (SSSR count). The third kappa shape index (κ3) is 3.66. The SMILES string of the molecule is CC(C)N(CC1CCCCN1)c1ccc(C(N)=O)nn1. The van der Waals surface area contributed by atoms with E-state index in [1.165, 1.54) is 19.3 Å². The van der Waals surface area contributed by atoms with E-state index in [0.717, 1.165) is 18.9 Å². The van der Waals surface area contributed by atoms with E-state index in [0.29, 0.717) is 12.1 Å². The Bertz CT molecular complexity index is 439. The summed E-state index contributed by atoms with van der Waals surface area (Å²) in [6.45, 7) is 6.25. The molecule has 1 unspecified atom stereocenters. The van der Waals surface area contributed by atoms with Crippen LogP contribution in [0, 0.1) is 0 Å². The first kappa shape index (κ1) is 14.7. The van der Waals surface area contributed by atoms with Crippen molar-refractivity contribution < 1.29 is 4.79 Å². The van der Waals surface area contributed by atoms with Crippen LogP contribution in [0.15, 0.2) is 12.1 Å². The molecule has 0 radical (unpaired) electrons. The minimum absolute atomic E-state index is 0.202. The van der Waals surface area contributed by atoms with Crippen LogP contribution in [0.5, 0.6) is 0 Å². The third-order valence-electron chi connectivity index (χ3n) is 3.65.